The third-order valence-electron chi connectivity index (χ3n) is 2.41. The average molecular weight is 270 g/mol. The third kappa shape index (κ3) is 3.40. The van der Waals surface area contributed by atoms with Crippen molar-refractivity contribution in [1.29, 1.82) is 0 Å². The molecule has 0 saturated carbocycles. The van der Waals surface area contributed by atoms with Crippen LogP contribution in [0.1, 0.15) is 16.1 Å². The number of benzene rings is 1. The van der Waals surface area contributed by atoms with Crippen LogP contribution in [0.5, 0.6) is 0 Å². The van der Waals surface area contributed by atoms with Gasteiger partial charge in [-0.2, -0.15) is 0 Å². The molecule has 20 heavy (non-hydrogen) atoms. The van der Waals surface area contributed by atoms with E-state index in [2.05, 4.69) is 22.1 Å². The van der Waals surface area contributed by atoms with Gasteiger partial charge in [-0.15, -0.1) is 0 Å². The molecule has 0 aliphatic rings. The van der Waals surface area contributed by atoms with Crippen LogP contribution in [0.3, 0.4) is 0 Å². The third-order valence-corrected chi connectivity index (χ3v) is 2.41. The molecule has 1 aromatic heterocycles. The van der Waals surface area contributed by atoms with Crippen LogP contribution in [-0.4, -0.2) is 22.6 Å². The van der Waals surface area contributed by atoms with E-state index in [1.165, 1.54) is 24.4 Å². The number of amides is 1. The molecule has 2 aromatic rings. The average Bonchev–Trinajstić information content (AvgIpc) is 2.45. The van der Waals surface area contributed by atoms with E-state index < -0.39 is 11.7 Å². The smallest absolute Gasteiger partial charge is 0.275 e. The summed E-state index contributed by atoms with van der Waals surface area (Å²) in [5, 5.41) is 11.2. The molecule has 1 heterocycles. The molecule has 2 N–H and O–H groups in total. The highest BCUT2D eigenvalue weighted by molar-refractivity contribution is 6.04. The quantitative estimate of drug-likeness (QED) is 0.818. The molecule has 0 fully saturated rings. The second kappa shape index (κ2) is 6.45. The Bertz CT molecular complexity index is 690. The molecule has 1 aromatic carbocycles. The molecule has 0 spiro atoms. The van der Waals surface area contributed by atoms with E-state index in [0.29, 0.717) is 11.3 Å². The Balaban J connectivity index is 2.25. The zero-order chi connectivity index (χ0) is 14.4. The molecule has 5 heteroatoms. The number of aromatic nitrogens is 1. The van der Waals surface area contributed by atoms with Gasteiger partial charge in [0.15, 0.2) is 0 Å². The Kier molecular flexibility index (Phi) is 4.43. The van der Waals surface area contributed by atoms with E-state index in [1.54, 1.807) is 18.2 Å². The van der Waals surface area contributed by atoms with Gasteiger partial charge in [0.05, 0.1) is 5.56 Å². The standard InChI is InChI=1S/C15H11FN2O2/c16-12-6-1-7-13(10-12)18-15(20)14-11(5-3-9-19)4-2-8-17-14/h1-2,4,6-8,10,19H,9H2,(H,18,20). The topological polar surface area (TPSA) is 62.2 Å². The van der Waals surface area contributed by atoms with Crippen LogP contribution in [0.25, 0.3) is 0 Å². The van der Waals surface area contributed by atoms with Crippen molar-refractivity contribution in [3.05, 3.63) is 59.7 Å². The number of hydrogen-bond donors (Lipinski definition) is 2. The first-order valence-corrected chi connectivity index (χ1v) is 5.82. The number of pyridine rings is 1. The molecule has 0 aliphatic heterocycles. The van der Waals surface area contributed by atoms with E-state index in [9.17, 15) is 9.18 Å². The lowest BCUT2D eigenvalue weighted by Gasteiger charge is -2.06. The van der Waals surface area contributed by atoms with Crippen LogP contribution in [0.2, 0.25) is 0 Å². The molecule has 2 rings (SSSR count). The fraction of sp³-hybridized carbons (Fsp3) is 0.0667. The molecule has 0 unspecified atom stereocenters. The van der Waals surface area contributed by atoms with Crippen molar-refractivity contribution in [2.24, 2.45) is 0 Å². The van der Waals surface area contributed by atoms with Gasteiger partial charge < -0.3 is 10.4 Å². The van der Waals surface area contributed by atoms with Crippen molar-refractivity contribution in [3.63, 3.8) is 0 Å². The molecule has 1 amide bonds. The first-order chi connectivity index (χ1) is 9.70. The Labute approximate surface area is 115 Å². The van der Waals surface area contributed by atoms with Crippen LogP contribution in [-0.2, 0) is 0 Å². The number of nitrogens with zero attached hydrogens (tertiary/aromatic N) is 1. The Hall–Kier alpha value is -2.71. The van der Waals surface area contributed by atoms with E-state index in [4.69, 9.17) is 5.11 Å². The maximum atomic E-state index is 13.0. The van der Waals surface area contributed by atoms with Crippen LogP contribution >= 0.6 is 0 Å². The van der Waals surface area contributed by atoms with Crippen LogP contribution in [0.4, 0.5) is 10.1 Å². The van der Waals surface area contributed by atoms with Gasteiger partial charge in [-0.25, -0.2) is 9.37 Å². The summed E-state index contributed by atoms with van der Waals surface area (Å²) >= 11 is 0. The van der Waals surface area contributed by atoms with Crippen LogP contribution < -0.4 is 5.32 Å². The van der Waals surface area contributed by atoms with E-state index >= 15 is 0 Å². The highest BCUT2D eigenvalue weighted by Crippen LogP contribution is 2.12. The van der Waals surface area contributed by atoms with Gasteiger partial charge in [0.25, 0.3) is 5.91 Å². The molecule has 0 radical (unpaired) electrons. The van der Waals surface area contributed by atoms with Gasteiger partial charge in [0, 0.05) is 11.9 Å². The van der Waals surface area contributed by atoms with Gasteiger partial charge in [-0.3, -0.25) is 4.79 Å². The summed E-state index contributed by atoms with van der Waals surface area (Å²) in [6.07, 6.45) is 1.46. The SMILES string of the molecule is O=C(Nc1cccc(F)c1)c1ncccc1C#CCO. The first kappa shape index (κ1) is 13.7. The summed E-state index contributed by atoms with van der Waals surface area (Å²) in [5.41, 5.74) is 0.856. The molecule has 0 saturated heterocycles. The van der Waals surface area contributed by atoms with Gasteiger partial charge in [-0.05, 0) is 30.3 Å². The zero-order valence-electron chi connectivity index (χ0n) is 10.4. The van der Waals surface area contributed by atoms with Crippen molar-refractivity contribution >= 4 is 11.6 Å². The van der Waals surface area contributed by atoms with Crippen molar-refractivity contribution in [2.75, 3.05) is 11.9 Å². The minimum atomic E-state index is -0.488. The number of carbonyl (C=O) groups excluding carboxylic acids is 1. The van der Waals surface area contributed by atoms with Crippen molar-refractivity contribution in [3.8, 4) is 11.8 Å². The molecule has 0 aliphatic carbocycles. The van der Waals surface area contributed by atoms with Crippen LogP contribution in [0, 0.1) is 17.7 Å². The second-order valence-electron chi connectivity index (χ2n) is 3.82. The maximum absolute atomic E-state index is 13.0. The molecular weight excluding hydrogens is 259 g/mol. The predicted octanol–water partition coefficient (Wildman–Crippen LogP) is 1.82. The summed E-state index contributed by atoms with van der Waals surface area (Å²) in [7, 11) is 0. The van der Waals surface area contributed by atoms with E-state index in [-0.39, 0.29) is 12.3 Å². The lowest BCUT2D eigenvalue weighted by Crippen LogP contribution is -2.15. The number of anilines is 1. The van der Waals surface area contributed by atoms with Gasteiger partial charge in [0.1, 0.15) is 18.1 Å². The number of aliphatic hydroxyl groups is 1. The Morgan fingerprint density at radius 3 is 2.95 bits per heavy atom. The number of halogens is 1. The highest BCUT2D eigenvalue weighted by atomic mass is 19.1. The summed E-state index contributed by atoms with van der Waals surface area (Å²) < 4.78 is 13.0. The normalized spacial score (nSPS) is 9.50. The van der Waals surface area contributed by atoms with Crippen molar-refractivity contribution in [1.82, 2.24) is 4.98 Å². The fourth-order valence-electron chi connectivity index (χ4n) is 1.58. The second-order valence-corrected chi connectivity index (χ2v) is 3.82. The summed E-state index contributed by atoms with van der Waals surface area (Å²) in [4.78, 5) is 16.0. The number of rotatable bonds is 2. The Morgan fingerprint density at radius 2 is 2.20 bits per heavy atom. The fourth-order valence-corrected chi connectivity index (χ4v) is 1.58. The maximum Gasteiger partial charge on any atom is 0.275 e. The lowest BCUT2D eigenvalue weighted by molar-refractivity contribution is 0.102. The van der Waals surface area contributed by atoms with Gasteiger partial charge in [0.2, 0.25) is 0 Å². The number of nitrogens with one attached hydrogen (secondary N) is 1. The Morgan fingerprint density at radius 1 is 1.35 bits per heavy atom. The molecule has 0 atom stereocenters. The monoisotopic (exact) mass is 270 g/mol. The van der Waals surface area contributed by atoms with Crippen molar-refractivity contribution in [2.45, 2.75) is 0 Å². The molecular formula is C15H11FN2O2. The number of carbonyl (C=O) groups is 1. The highest BCUT2D eigenvalue weighted by Gasteiger charge is 2.11. The lowest BCUT2D eigenvalue weighted by atomic mass is 10.2. The summed E-state index contributed by atoms with van der Waals surface area (Å²) in [6, 6.07) is 8.82. The minimum Gasteiger partial charge on any atom is -0.384 e. The molecule has 100 valence electrons. The van der Waals surface area contributed by atoms with Gasteiger partial charge in [-0.1, -0.05) is 17.9 Å². The van der Waals surface area contributed by atoms with E-state index in [1.807, 2.05) is 0 Å². The van der Waals surface area contributed by atoms with Gasteiger partial charge >= 0.3 is 0 Å². The summed E-state index contributed by atoms with van der Waals surface area (Å²) in [5.74, 6) is 4.17. The molecule has 4 nitrogen and oxygen atoms in total. The van der Waals surface area contributed by atoms with Crippen LogP contribution in [0.15, 0.2) is 42.6 Å². The van der Waals surface area contributed by atoms with Crippen molar-refractivity contribution < 1.29 is 14.3 Å². The predicted molar refractivity (Wildman–Crippen MR) is 72.6 cm³/mol. The minimum absolute atomic E-state index is 0.123. The first-order valence-electron chi connectivity index (χ1n) is 5.82. The zero-order valence-corrected chi connectivity index (χ0v) is 10.4. The summed E-state index contributed by atoms with van der Waals surface area (Å²) in [6.45, 7) is -0.306. The molecule has 0 bridgehead atoms. The largest absolute Gasteiger partial charge is 0.384 e. The van der Waals surface area contributed by atoms with E-state index in [0.717, 1.165) is 0 Å². The number of hydrogen-bond acceptors (Lipinski definition) is 3. The number of aliphatic hydroxyl groups excluding tert-OH is 1.